The molecule has 34 heavy (non-hydrogen) atoms. The van der Waals surface area contributed by atoms with E-state index in [4.69, 9.17) is 14.7 Å². The molecule has 4 rings (SSSR count). The van der Waals surface area contributed by atoms with Crippen LogP contribution in [0.15, 0.2) is 60.7 Å². The quantitative estimate of drug-likeness (QED) is 0.551. The Labute approximate surface area is 200 Å². The number of hydrogen-bond donors (Lipinski definition) is 1. The van der Waals surface area contributed by atoms with Crippen LogP contribution in [-0.2, 0) is 9.53 Å². The van der Waals surface area contributed by atoms with E-state index in [1.165, 1.54) is 10.5 Å². The Morgan fingerprint density at radius 2 is 1.74 bits per heavy atom. The van der Waals surface area contributed by atoms with Crippen LogP contribution in [0.2, 0.25) is 0 Å². The lowest BCUT2D eigenvalue weighted by Crippen LogP contribution is -3.14. The first kappa shape index (κ1) is 23.4. The molecule has 0 bridgehead atoms. The maximum atomic E-state index is 12.7. The fraction of sp³-hybridized carbons (Fsp3) is 0.333. The number of benzene rings is 2. The van der Waals surface area contributed by atoms with E-state index in [1.807, 2.05) is 42.5 Å². The molecule has 1 atom stereocenters. The Morgan fingerprint density at radius 3 is 2.38 bits per heavy atom. The standard InChI is InChI=1S/C27H29N5O2/c1-20(2)34-27(33)22(19-28)25-26(30-24-13-7-6-12-23(24)29-25)32-17-15-31(16-18-32)14-8-11-21-9-4-3-5-10-21/h3-13,20,22H,14-18H2,1-2H3/p+1/b11-8+/t22-/m1/s1. The fourth-order valence-corrected chi connectivity index (χ4v) is 4.12. The molecule has 2 aromatic carbocycles. The summed E-state index contributed by atoms with van der Waals surface area (Å²) in [6, 6.07) is 19.9. The van der Waals surface area contributed by atoms with E-state index < -0.39 is 11.9 Å². The third-order valence-electron chi connectivity index (χ3n) is 5.85. The minimum Gasteiger partial charge on any atom is -0.462 e. The number of nitrogens with zero attached hydrogens (tertiary/aromatic N) is 4. The van der Waals surface area contributed by atoms with Crippen molar-refractivity contribution in [3.8, 4) is 6.07 Å². The summed E-state index contributed by atoms with van der Waals surface area (Å²) < 4.78 is 5.35. The highest BCUT2D eigenvalue weighted by atomic mass is 16.5. The minimum absolute atomic E-state index is 0.309. The first-order valence-corrected chi connectivity index (χ1v) is 11.7. The normalized spacial score (nSPS) is 15.5. The third-order valence-corrected chi connectivity index (χ3v) is 5.85. The number of nitriles is 1. The molecule has 174 valence electrons. The summed E-state index contributed by atoms with van der Waals surface area (Å²) >= 11 is 0. The second kappa shape index (κ2) is 10.9. The van der Waals surface area contributed by atoms with Gasteiger partial charge < -0.3 is 14.5 Å². The van der Waals surface area contributed by atoms with Gasteiger partial charge in [0.1, 0.15) is 5.69 Å². The molecule has 0 aliphatic carbocycles. The van der Waals surface area contributed by atoms with Crippen molar-refractivity contribution in [2.45, 2.75) is 25.9 Å². The van der Waals surface area contributed by atoms with Gasteiger partial charge in [-0.2, -0.15) is 5.26 Å². The molecule has 1 N–H and O–H groups in total. The highest BCUT2D eigenvalue weighted by Crippen LogP contribution is 2.28. The van der Waals surface area contributed by atoms with Crippen LogP contribution in [0.5, 0.6) is 0 Å². The number of quaternary nitrogens is 1. The summed E-state index contributed by atoms with van der Waals surface area (Å²) in [6.07, 6.45) is 4.07. The Kier molecular flexibility index (Phi) is 7.51. The van der Waals surface area contributed by atoms with Gasteiger partial charge in [-0.3, -0.25) is 4.79 Å². The zero-order chi connectivity index (χ0) is 23.9. The lowest BCUT2D eigenvalue weighted by atomic mass is 10.1. The van der Waals surface area contributed by atoms with Crippen molar-refractivity contribution in [2.24, 2.45) is 0 Å². The molecule has 1 aliphatic rings. The SMILES string of the molecule is CC(C)OC(=O)[C@H](C#N)c1nc2ccccc2nc1N1CC[NH+](C/C=C/c2ccccc2)CC1. The molecule has 1 saturated heterocycles. The number of para-hydroxylation sites is 2. The van der Waals surface area contributed by atoms with Crippen molar-refractivity contribution >= 4 is 28.9 Å². The van der Waals surface area contributed by atoms with E-state index in [0.29, 0.717) is 17.0 Å². The van der Waals surface area contributed by atoms with Crippen LogP contribution in [0.4, 0.5) is 5.82 Å². The summed E-state index contributed by atoms with van der Waals surface area (Å²) in [5, 5.41) is 9.84. The number of hydrogen-bond acceptors (Lipinski definition) is 6. The monoisotopic (exact) mass is 456 g/mol. The summed E-state index contributed by atoms with van der Waals surface area (Å²) in [4.78, 5) is 25.9. The van der Waals surface area contributed by atoms with Gasteiger partial charge in [0.15, 0.2) is 11.7 Å². The Bertz CT molecular complexity index is 1190. The largest absolute Gasteiger partial charge is 0.462 e. The van der Waals surface area contributed by atoms with Crippen LogP contribution in [0, 0.1) is 11.3 Å². The Hall–Kier alpha value is -3.76. The molecule has 1 fully saturated rings. The lowest BCUT2D eigenvalue weighted by molar-refractivity contribution is -0.894. The van der Waals surface area contributed by atoms with Gasteiger partial charge in [0.05, 0.1) is 55.9 Å². The zero-order valence-corrected chi connectivity index (χ0v) is 19.6. The average Bonchev–Trinajstić information content (AvgIpc) is 2.85. The van der Waals surface area contributed by atoms with E-state index >= 15 is 0 Å². The number of ether oxygens (including phenoxy) is 1. The van der Waals surface area contributed by atoms with E-state index in [9.17, 15) is 10.1 Å². The molecule has 2 heterocycles. The second-order valence-electron chi connectivity index (χ2n) is 8.72. The maximum Gasteiger partial charge on any atom is 0.329 e. The summed E-state index contributed by atoms with van der Waals surface area (Å²) in [5.41, 5.74) is 2.98. The van der Waals surface area contributed by atoms with E-state index in [0.717, 1.165) is 38.2 Å². The number of nitrogens with one attached hydrogen (secondary N) is 1. The molecule has 0 spiro atoms. The number of anilines is 1. The minimum atomic E-state index is -1.12. The van der Waals surface area contributed by atoms with E-state index in [2.05, 4.69) is 35.3 Å². The molecular formula is C27H30N5O2+. The van der Waals surface area contributed by atoms with Crippen LogP contribution in [0.25, 0.3) is 17.1 Å². The summed E-state index contributed by atoms with van der Waals surface area (Å²) in [7, 11) is 0. The van der Waals surface area contributed by atoms with E-state index in [1.54, 1.807) is 13.8 Å². The highest BCUT2D eigenvalue weighted by Gasteiger charge is 2.32. The van der Waals surface area contributed by atoms with Crippen molar-refractivity contribution < 1.29 is 14.4 Å². The first-order valence-electron chi connectivity index (χ1n) is 11.7. The fourth-order valence-electron chi connectivity index (χ4n) is 4.12. The number of piperazine rings is 1. The number of esters is 1. The zero-order valence-electron chi connectivity index (χ0n) is 19.6. The molecule has 7 nitrogen and oxygen atoms in total. The highest BCUT2D eigenvalue weighted by molar-refractivity contribution is 5.85. The summed E-state index contributed by atoms with van der Waals surface area (Å²) in [5.74, 6) is -1.10. The number of rotatable bonds is 7. The molecule has 3 aromatic rings. The van der Waals surface area contributed by atoms with Crippen LogP contribution in [0.3, 0.4) is 0 Å². The molecule has 1 aromatic heterocycles. The molecule has 0 amide bonds. The number of fused-ring (bicyclic) bond motifs is 1. The number of aromatic nitrogens is 2. The van der Waals surface area contributed by atoms with Crippen molar-refractivity contribution in [1.29, 1.82) is 5.26 Å². The van der Waals surface area contributed by atoms with Crippen LogP contribution in [-0.4, -0.2) is 54.8 Å². The summed E-state index contributed by atoms with van der Waals surface area (Å²) in [6.45, 7) is 7.89. The van der Waals surface area contributed by atoms with Gasteiger partial charge in [0.2, 0.25) is 0 Å². The Balaban J connectivity index is 1.53. The number of carbonyl (C=O) groups is 1. The molecule has 1 aliphatic heterocycles. The van der Waals surface area contributed by atoms with Gasteiger partial charge in [-0.25, -0.2) is 9.97 Å². The molecule has 7 heteroatoms. The van der Waals surface area contributed by atoms with Crippen LogP contribution < -0.4 is 9.80 Å². The van der Waals surface area contributed by atoms with Gasteiger partial charge in [0, 0.05) is 0 Å². The first-order chi connectivity index (χ1) is 16.5. The van der Waals surface area contributed by atoms with E-state index in [-0.39, 0.29) is 6.10 Å². The number of carbonyl (C=O) groups excluding carboxylic acids is 1. The average molecular weight is 457 g/mol. The van der Waals surface area contributed by atoms with Crippen LogP contribution >= 0.6 is 0 Å². The van der Waals surface area contributed by atoms with Gasteiger partial charge in [-0.15, -0.1) is 0 Å². The topological polar surface area (TPSA) is 83.5 Å². The van der Waals surface area contributed by atoms with Crippen molar-refractivity contribution in [3.63, 3.8) is 0 Å². The van der Waals surface area contributed by atoms with Crippen molar-refractivity contribution in [1.82, 2.24) is 9.97 Å². The third kappa shape index (κ3) is 5.59. The van der Waals surface area contributed by atoms with Gasteiger partial charge in [0.25, 0.3) is 0 Å². The maximum absolute atomic E-state index is 12.7. The van der Waals surface area contributed by atoms with Gasteiger partial charge in [-0.1, -0.05) is 48.5 Å². The smallest absolute Gasteiger partial charge is 0.329 e. The Morgan fingerprint density at radius 1 is 1.09 bits per heavy atom. The molecular weight excluding hydrogens is 426 g/mol. The molecule has 0 unspecified atom stereocenters. The predicted octanol–water partition coefficient (Wildman–Crippen LogP) is 2.61. The van der Waals surface area contributed by atoms with Crippen LogP contribution in [0.1, 0.15) is 31.0 Å². The van der Waals surface area contributed by atoms with Crippen molar-refractivity contribution in [2.75, 3.05) is 37.6 Å². The van der Waals surface area contributed by atoms with Crippen molar-refractivity contribution in [3.05, 3.63) is 71.9 Å². The molecule has 0 saturated carbocycles. The predicted molar refractivity (Wildman–Crippen MR) is 132 cm³/mol. The molecule has 0 radical (unpaired) electrons. The lowest BCUT2D eigenvalue weighted by Gasteiger charge is -2.33. The second-order valence-corrected chi connectivity index (χ2v) is 8.72. The van der Waals surface area contributed by atoms with Gasteiger partial charge >= 0.3 is 5.97 Å². The van der Waals surface area contributed by atoms with Gasteiger partial charge in [-0.05, 0) is 37.6 Å².